The summed E-state index contributed by atoms with van der Waals surface area (Å²) in [5.74, 6) is 0.793. The molecule has 0 unspecified atom stereocenters. The molecule has 27 heavy (non-hydrogen) atoms. The number of benzene rings is 1. The summed E-state index contributed by atoms with van der Waals surface area (Å²) in [6.45, 7) is 7.50. The van der Waals surface area contributed by atoms with Crippen molar-refractivity contribution in [3.05, 3.63) is 30.1 Å². The Bertz CT molecular complexity index is 594. The molecule has 1 aromatic rings. The van der Waals surface area contributed by atoms with Gasteiger partial charge in [-0.25, -0.2) is 9.18 Å². The third-order valence-electron chi connectivity index (χ3n) is 3.00. The van der Waals surface area contributed by atoms with Crippen LogP contribution in [0.3, 0.4) is 0 Å². The van der Waals surface area contributed by atoms with Crippen LogP contribution in [0.2, 0.25) is 0 Å². The Labute approximate surface area is 177 Å². The normalized spacial score (nSPS) is 11.2. The molecule has 0 aliphatic rings. The Balaban J connectivity index is 0.00000676. The predicted octanol–water partition coefficient (Wildman–Crippen LogP) is 2.90. The molecular formula is C18H30FIN4O3. The number of nitrogens with zero attached hydrogens (tertiary/aromatic N) is 1. The van der Waals surface area contributed by atoms with Crippen molar-refractivity contribution < 1.29 is 18.7 Å². The van der Waals surface area contributed by atoms with Crippen LogP contribution in [-0.4, -0.2) is 50.9 Å². The molecule has 0 radical (unpaired) electrons. The number of halogens is 2. The molecule has 1 amide bonds. The first-order valence-electron chi connectivity index (χ1n) is 8.60. The van der Waals surface area contributed by atoms with E-state index >= 15 is 0 Å². The van der Waals surface area contributed by atoms with E-state index in [2.05, 4.69) is 20.9 Å². The minimum Gasteiger partial charge on any atom is -0.492 e. The Kier molecular flexibility index (Phi) is 12.5. The summed E-state index contributed by atoms with van der Waals surface area (Å²) < 4.78 is 23.6. The zero-order valence-electron chi connectivity index (χ0n) is 16.3. The molecular weight excluding hydrogens is 466 g/mol. The van der Waals surface area contributed by atoms with Crippen LogP contribution in [0.15, 0.2) is 29.3 Å². The van der Waals surface area contributed by atoms with Crippen molar-refractivity contribution in [1.82, 2.24) is 16.0 Å². The predicted molar refractivity (Wildman–Crippen MR) is 116 cm³/mol. The van der Waals surface area contributed by atoms with E-state index in [9.17, 15) is 9.18 Å². The number of guanidine groups is 1. The van der Waals surface area contributed by atoms with E-state index < -0.39 is 11.7 Å². The van der Waals surface area contributed by atoms with Gasteiger partial charge in [0.1, 0.15) is 23.8 Å². The highest BCUT2D eigenvalue weighted by atomic mass is 127. The number of aliphatic imine (C=N–C) groups is 1. The Morgan fingerprint density at radius 1 is 1.15 bits per heavy atom. The molecule has 0 fully saturated rings. The van der Waals surface area contributed by atoms with Crippen molar-refractivity contribution in [2.75, 3.05) is 33.3 Å². The van der Waals surface area contributed by atoms with E-state index in [1.807, 2.05) is 20.8 Å². The standard InChI is InChI=1S/C18H29FN4O3.HI/c1-18(2,3)26-17(24)23-10-6-9-21-16(20-4)22-11-12-25-15-8-5-7-14(19)13-15;/h5,7-8,13H,6,9-12H2,1-4H3,(H,23,24)(H2,20,21,22);1H. The van der Waals surface area contributed by atoms with Crippen molar-refractivity contribution in [1.29, 1.82) is 0 Å². The number of carbonyl (C=O) groups is 1. The van der Waals surface area contributed by atoms with Crippen molar-refractivity contribution in [3.63, 3.8) is 0 Å². The first-order chi connectivity index (χ1) is 12.3. The largest absolute Gasteiger partial charge is 0.492 e. The molecule has 1 rings (SSSR count). The summed E-state index contributed by atoms with van der Waals surface area (Å²) in [5.41, 5.74) is -0.498. The van der Waals surface area contributed by atoms with Gasteiger partial charge in [0.2, 0.25) is 0 Å². The van der Waals surface area contributed by atoms with Gasteiger partial charge < -0.3 is 25.4 Å². The third kappa shape index (κ3) is 13.1. The number of hydrogen-bond donors (Lipinski definition) is 3. The highest BCUT2D eigenvalue weighted by molar-refractivity contribution is 14.0. The quantitative estimate of drug-likeness (QED) is 0.223. The SMILES string of the molecule is CN=C(NCCCNC(=O)OC(C)(C)C)NCCOc1cccc(F)c1.I. The van der Waals surface area contributed by atoms with E-state index in [0.29, 0.717) is 38.0 Å². The van der Waals surface area contributed by atoms with Crippen molar-refractivity contribution >= 4 is 36.0 Å². The van der Waals surface area contributed by atoms with Crippen LogP contribution in [0.5, 0.6) is 5.75 Å². The zero-order valence-corrected chi connectivity index (χ0v) is 18.6. The zero-order chi connectivity index (χ0) is 19.4. The van der Waals surface area contributed by atoms with Crippen LogP contribution in [0.1, 0.15) is 27.2 Å². The van der Waals surface area contributed by atoms with Crippen molar-refractivity contribution in [2.45, 2.75) is 32.8 Å². The highest BCUT2D eigenvalue weighted by Crippen LogP contribution is 2.11. The molecule has 0 saturated heterocycles. The molecule has 0 heterocycles. The van der Waals surface area contributed by atoms with Crippen LogP contribution in [0, 0.1) is 5.82 Å². The summed E-state index contributed by atoms with van der Waals surface area (Å²) in [7, 11) is 1.67. The molecule has 0 aliphatic heterocycles. The first kappa shape index (κ1) is 25.2. The molecule has 3 N–H and O–H groups in total. The third-order valence-corrected chi connectivity index (χ3v) is 3.00. The lowest BCUT2D eigenvalue weighted by Gasteiger charge is -2.19. The number of hydrogen-bond acceptors (Lipinski definition) is 4. The lowest BCUT2D eigenvalue weighted by molar-refractivity contribution is 0.0527. The molecule has 0 bridgehead atoms. The maximum absolute atomic E-state index is 13.0. The van der Waals surface area contributed by atoms with Gasteiger partial charge >= 0.3 is 6.09 Å². The van der Waals surface area contributed by atoms with E-state index in [-0.39, 0.29) is 29.8 Å². The van der Waals surface area contributed by atoms with Gasteiger partial charge in [0.25, 0.3) is 0 Å². The summed E-state index contributed by atoms with van der Waals surface area (Å²) in [5, 5.41) is 8.92. The lowest BCUT2D eigenvalue weighted by atomic mass is 10.2. The lowest BCUT2D eigenvalue weighted by Crippen LogP contribution is -2.40. The molecule has 154 valence electrons. The van der Waals surface area contributed by atoms with E-state index in [1.165, 1.54) is 12.1 Å². The molecule has 9 heteroatoms. The van der Waals surface area contributed by atoms with E-state index in [1.54, 1.807) is 19.2 Å². The van der Waals surface area contributed by atoms with Crippen LogP contribution in [0.4, 0.5) is 9.18 Å². The molecule has 0 aliphatic carbocycles. The second-order valence-corrected chi connectivity index (χ2v) is 6.51. The number of alkyl carbamates (subject to hydrolysis) is 1. The molecule has 7 nitrogen and oxygen atoms in total. The van der Waals surface area contributed by atoms with Gasteiger partial charge in [-0.1, -0.05) is 6.07 Å². The molecule has 1 aromatic carbocycles. The fourth-order valence-corrected chi connectivity index (χ4v) is 1.92. The fraction of sp³-hybridized carbons (Fsp3) is 0.556. The van der Waals surface area contributed by atoms with Crippen LogP contribution >= 0.6 is 24.0 Å². The van der Waals surface area contributed by atoms with Gasteiger partial charge in [-0.3, -0.25) is 4.99 Å². The summed E-state index contributed by atoms with van der Waals surface area (Å²) >= 11 is 0. The molecule has 0 spiro atoms. The Morgan fingerprint density at radius 2 is 1.81 bits per heavy atom. The number of nitrogens with one attached hydrogen (secondary N) is 3. The van der Waals surface area contributed by atoms with Crippen LogP contribution in [0.25, 0.3) is 0 Å². The average molecular weight is 496 g/mol. The number of carbonyl (C=O) groups excluding carboxylic acids is 1. The van der Waals surface area contributed by atoms with Gasteiger partial charge in [0.05, 0.1) is 6.54 Å². The summed E-state index contributed by atoms with van der Waals surface area (Å²) in [6.07, 6.45) is 0.300. The van der Waals surface area contributed by atoms with Crippen LogP contribution < -0.4 is 20.7 Å². The van der Waals surface area contributed by atoms with Gasteiger partial charge in [0.15, 0.2) is 5.96 Å². The van der Waals surface area contributed by atoms with Gasteiger partial charge in [-0.2, -0.15) is 0 Å². The maximum Gasteiger partial charge on any atom is 0.407 e. The monoisotopic (exact) mass is 496 g/mol. The van der Waals surface area contributed by atoms with E-state index in [0.717, 1.165) is 6.42 Å². The Morgan fingerprint density at radius 3 is 2.44 bits per heavy atom. The maximum atomic E-state index is 13.0. The van der Waals surface area contributed by atoms with Crippen LogP contribution in [-0.2, 0) is 4.74 Å². The average Bonchev–Trinajstić information content (AvgIpc) is 2.55. The molecule has 0 saturated carbocycles. The number of rotatable bonds is 8. The first-order valence-corrected chi connectivity index (χ1v) is 8.60. The smallest absolute Gasteiger partial charge is 0.407 e. The second kappa shape index (κ2) is 13.4. The fourth-order valence-electron chi connectivity index (χ4n) is 1.92. The van der Waals surface area contributed by atoms with Crippen molar-refractivity contribution in [2.24, 2.45) is 4.99 Å². The number of amides is 1. The minimum absolute atomic E-state index is 0. The second-order valence-electron chi connectivity index (χ2n) is 6.51. The molecule has 0 aromatic heterocycles. The highest BCUT2D eigenvalue weighted by Gasteiger charge is 2.15. The Hall–Kier alpha value is -1.78. The number of ether oxygens (including phenoxy) is 2. The van der Waals surface area contributed by atoms with Gasteiger partial charge in [-0.15, -0.1) is 24.0 Å². The van der Waals surface area contributed by atoms with Crippen molar-refractivity contribution in [3.8, 4) is 5.75 Å². The minimum atomic E-state index is -0.498. The van der Waals surface area contributed by atoms with E-state index in [4.69, 9.17) is 9.47 Å². The van der Waals surface area contributed by atoms with Gasteiger partial charge in [-0.05, 0) is 39.3 Å². The topological polar surface area (TPSA) is 84.0 Å². The summed E-state index contributed by atoms with van der Waals surface area (Å²) in [6, 6.07) is 6.01. The summed E-state index contributed by atoms with van der Waals surface area (Å²) in [4.78, 5) is 15.6. The molecule has 0 atom stereocenters. The van der Waals surface area contributed by atoms with Gasteiger partial charge in [0, 0.05) is 26.2 Å².